The molecule has 0 fully saturated rings. The Balaban J connectivity index is 1.87. The Kier molecular flexibility index (Phi) is 5.91. The summed E-state index contributed by atoms with van der Waals surface area (Å²) >= 11 is 0. The molecule has 1 aromatic carbocycles. The highest BCUT2D eigenvalue weighted by Gasteiger charge is 2.39. The van der Waals surface area contributed by atoms with E-state index >= 15 is 0 Å². The molecule has 10 nitrogen and oxygen atoms in total. The molecular weight excluding hydrogens is 408 g/mol. The van der Waals surface area contributed by atoms with E-state index in [9.17, 15) is 29.6 Å². The zero-order valence-corrected chi connectivity index (χ0v) is 16.8. The van der Waals surface area contributed by atoms with Crippen LogP contribution in [0.1, 0.15) is 12.0 Å². The molecule has 1 aliphatic heterocycles. The fraction of sp³-hybridized carbons (Fsp3) is 0.286. The molecule has 162 valence electrons. The van der Waals surface area contributed by atoms with Gasteiger partial charge >= 0.3 is 18.0 Å². The summed E-state index contributed by atoms with van der Waals surface area (Å²) in [6.45, 7) is 0. The summed E-state index contributed by atoms with van der Waals surface area (Å²) in [6, 6.07) is 5.98. The molecular formula is C21H20N2O8. The van der Waals surface area contributed by atoms with Crippen molar-refractivity contribution in [1.82, 2.24) is 4.90 Å². The van der Waals surface area contributed by atoms with E-state index in [0.717, 1.165) is 4.90 Å². The lowest BCUT2D eigenvalue weighted by atomic mass is 9.87. The second-order valence-electron chi connectivity index (χ2n) is 7.41. The summed E-state index contributed by atoms with van der Waals surface area (Å²) in [5.74, 6) is -2.39. The van der Waals surface area contributed by atoms with Crippen molar-refractivity contribution >= 4 is 23.7 Å². The van der Waals surface area contributed by atoms with Crippen LogP contribution < -0.4 is 0 Å². The number of allylic oxidation sites excluding steroid dienone is 1. The molecule has 1 N–H and O–H groups in total. The maximum atomic E-state index is 12.5. The van der Waals surface area contributed by atoms with Crippen LogP contribution in [0, 0.1) is 16.0 Å². The Hall–Kier alpha value is -3.95. The molecule has 3 rings (SSSR count). The van der Waals surface area contributed by atoms with Crippen molar-refractivity contribution < 1.29 is 33.9 Å². The van der Waals surface area contributed by atoms with Crippen LogP contribution >= 0.6 is 0 Å². The fourth-order valence-electron chi connectivity index (χ4n) is 3.25. The molecule has 31 heavy (non-hydrogen) atoms. The summed E-state index contributed by atoms with van der Waals surface area (Å²) < 4.78 is 10.8. The Morgan fingerprint density at radius 2 is 2.10 bits per heavy atom. The molecule has 0 saturated heterocycles. The van der Waals surface area contributed by atoms with Crippen molar-refractivity contribution in [2.75, 3.05) is 14.1 Å². The Labute approximate surface area is 177 Å². The number of non-ortho nitro benzene ring substituents is 1. The van der Waals surface area contributed by atoms with Gasteiger partial charge in [0, 0.05) is 37.9 Å². The topological polar surface area (TPSA) is 136 Å². The smallest absolute Gasteiger partial charge is 0.410 e. The molecule has 1 aromatic rings. The second-order valence-corrected chi connectivity index (χ2v) is 7.41. The molecule has 0 radical (unpaired) electrons. The first-order valence-electron chi connectivity index (χ1n) is 9.30. The highest BCUT2D eigenvalue weighted by molar-refractivity contribution is 5.80. The first kappa shape index (κ1) is 21.8. The number of nitro benzene ring substituents is 1. The molecule has 0 spiro atoms. The lowest BCUT2D eigenvalue weighted by Gasteiger charge is -2.32. The van der Waals surface area contributed by atoms with E-state index in [1.807, 2.05) is 0 Å². The normalized spacial score (nSPS) is 21.9. The van der Waals surface area contributed by atoms with Gasteiger partial charge in [0.1, 0.15) is 5.76 Å². The third-order valence-electron chi connectivity index (χ3n) is 4.75. The van der Waals surface area contributed by atoms with Crippen LogP contribution in [0.2, 0.25) is 0 Å². The predicted octanol–water partition coefficient (Wildman–Crippen LogP) is 2.60. The van der Waals surface area contributed by atoms with Gasteiger partial charge in [0.05, 0.1) is 17.3 Å². The molecule has 1 aliphatic carbocycles. The first-order chi connectivity index (χ1) is 14.6. The number of hydrogen-bond acceptors (Lipinski definition) is 7. The van der Waals surface area contributed by atoms with E-state index in [2.05, 4.69) is 0 Å². The number of carboxylic acid groups (broad SMARTS) is 1. The van der Waals surface area contributed by atoms with Gasteiger partial charge in [-0.05, 0) is 18.1 Å². The van der Waals surface area contributed by atoms with E-state index < -0.39 is 40.9 Å². The van der Waals surface area contributed by atoms with Gasteiger partial charge in [-0.2, -0.15) is 0 Å². The van der Waals surface area contributed by atoms with E-state index in [-0.39, 0.29) is 17.9 Å². The lowest BCUT2D eigenvalue weighted by molar-refractivity contribution is -0.384. The van der Waals surface area contributed by atoms with Crippen molar-refractivity contribution in [2.24, 2.45) is 5.92 Å². The van der Waals surface area contributed by atoms with Crippen LogP contribution in [-0.2, 0) is 25.5 Å². The van der Waals surface area contributed by atoms with Crippen molar-refractivity contribution in [3.63, 3.8) is 0 Å². The molecule has 1 heterocycles. The first-order valence-corrected chi connectivity index (χ1v) is 9.30. The van der Waals surface area contributed by atoms with Crippen molar-refractivity contribution in [3.8, 4) is 0 Å². The highest BCUT2D eigenvalue weighted by Crippen LogP contribution is 2.35. The van der Waals surface area contributed by atoms with Gasteiger partial charge in [-0.3, -0.25) is 19.7 Å². The lowest BCUT2D eigenvalue weighted by Crippen LogP contribution is -2.40. The van der Waals surface area contributed by atoms with Crippen molar-refractivity contribution in [1.29, 1.82) is 0 Å². The number of carboxylic acids is 1. The molecule has 2 aliphatic rings. The van der Waals surface area contributed by atoms with E-state index in [0.29, 0.717) is 11.1 Å². The molecule has 0 saturated carbocycles. The average Bonchev–Trinajstić information content (AvgIpc) is 2.68. The average molecular weight is 428 g/mol. The van der Waals surface area contributed by atoms with Gasteiger partial charge in [0.25, 0.3) is 5.69 Å². The standard InChI is InChI=1S/C21H20N2O8/c1-22(2)20(27)31-21(12-18(24)25)7-6-14-10-15(19(26)30-17(14)11-21)8-13-4-3-5-16(9-13)23(28)29/h3-7,9-11,15H,8,12H2,1-2H3,(H,24,25). The van der Waals surface area contributed by atoms with Crippen molar-refractivity contribution in [3.05, 3.63) is 75.6 Å². The summed E-state index contributed by atoms with van der Waals surface area (Å²) in [6.07, 6.45) is 4.81. The minimum Gasteiger partial charge on any atom is -0.481 e. The summed E-state index contributed by atoms with van der Waals surface area (Å²) in [4.78, 5) is 47.5. The van der Waals surface area contributed by atoms with Gasteiger partial charge in [-0.25, -0.2) is 4.79 Å². The zero-order valence-electron chi connectivity index (χ0n) is 16.8. The number of hydrogen-bond donors (Lipinski definition) is 1. The van der Waals surface area contributed by atoms with Gasteiger partial charge in [-0.1, -0.05) is 24.3 Å². The molecule has 0 aromatic heterocycles. The number of aliphatic carboxylic acids is 1. The zero-order chi connectivity index (χ0) is 22.8. The maximum absolute atomic E-state index is 12.5. The van der Waals surface area contributed by atoms with E-state index in [1.54, 1.807) is 18.2 Å². The number of nitrogens with zero attached hydrogens (tertiary/aromatic N) is 2. The van der Waals surface area contributed by atoms with Crippen LogP contribution in [0.3, 0.4) is 0 Å². The molecule has 2 unspecified atom stereocenters. The predicted molar refractivity (Wildman–Crippen MR) is 107 cm³/mol. The van der Waals surface area contributed by atoms with E-state index in [1.165, 1.54) is 44.5 Å². The molecule has 10 heteroatoms. The van der Waals surface area contributed by atoms with Crippen LogP contribution in [-0.4, -0.2) is 52.7 Å². The number of fused-ring (bicyclic) bond motifs is 1. The molecule has 2 atom stereocenters. The quantitative estimate of drug-likeness (QED) is 0.415. The Bertz CT molecular complexity index is 1040. The number of rotatable bonds is 6. The van der Waals surface area contributed by atoms with E-state index in [4.69, 9.17) is 9.47 Å². The summed E-state index contributed by atoms with van der Waals surface area (Å²) in [5, 5.41) is 20.2. The number of benzene rings is 1. The number of amides is 1. The minimum atomic E-state index is -1.60. The number of ether oxygens (including phenoxy) is 2. The minimum absolute atomic E-state index is 0.0753. The fourth-order valence-corrected chi connectivity index (χ4v) is 3.25. The largest absolute Gasteiger partial charge is 0.481 e. The number of carbonyl (C=O) groups excluding carboxylic acids is 2. The van der Waals surface area contributed by atoms with Gasteiger partial charge < -0.3 is 19.5 Å². The molecule has 0 bridgehead atoms. The van der Waals surface area contributed by atoms with Crippen molar-refractivity contribution in [2.45, 2.75) is 18.4 Å². The third kappa shape index (κ3) is 4.97. The maximum Gasteiger partial charge on any atom is 0.410 e. The summed E-state index contributed by atoms with van der Waals surface area (Å²) in [7, 11) is 2.92. The monoisotopic (exact) mass is 428 g/mol. The number of carbonyl (C=O) groups is 3. The van der Waals surface area contributed by atoms with Crippen LogP contribution in [0.4, 0.5) is 10.5 Å². The van der Waals surface area contributed by atoms with Gasteiger partial charge in [0.2, 0.25) is 0 Å². The number of esters is 1. The number of nitro groups is 1. The Morgan fingerprint density at radius 1 is 1.35 bits per heavy atom. The van der Waals surface area contributed by atoms with Gasteiger partial charge in [0.15, 0.2) is 5.60 Å². The van der Waals surface area contributed by atoms with Crippen LogP contribution in [0.25, 0.3) is 0 Å². The second kappa shape index (κ2) is 8.42. The highest BCUT2D eigenvalue weighted by atomic mass is 16.6. The van der Waals surface area contributed by atoms with Crippen LogP contribution in [0.5, 0.6) is 0 Å². The Morgan fingerprint density at radius 3 is 2.74 bits per heavy atom. The third-order valence-corrected chi connectivity index (χ3v) is 4.75. The van der Waals surface area contributed by atoms with Crippen LogP contribution in [0.15, 0.2) is 59.9 Å². The summed E-state index contributed by atoms with van der Waals surface area (Å²) in [5.41, 5.74) is -0.557. The SMILES string of the molecule is CN(C)C(=O)OC1(CC(=O)O)C=CC2=CC(Cc3cccc([N+](=O)[O-])c3)C(=O)OC2=C1. The molecule has 1 amide bonds. The van der Waals surface area contributed by atoms with Gasteiger partial charge in [-0.15, -0.1) is 0 Å².